The summed E-state index contributed by atoms with van der Waals surface area (Å²) in [6.07, 6.45) is 0.00524. The number of carboxylic acids is 1. The van der Waals surface area contributed by atoms with Gasteiger partial charge in [-0.3, -0.25) is 4.79 Å². The van der Waals surface area contributed by atoms with Crippen molar-refractivity contribution in [2.24, 2.45) is 0 Å². The lowest BCUT2D eigenvalue weighted by molar-refractivity contribution is -0.140. The van der Waals surface area contributed by atoms with E-state index in [0.29, 0.717) is 0 Å². The van der Waals surface area contributed by atoms with Crippen LogP contribution in [0.2, 0.25) is 0 Å². The molecule has 0 fully saturated rings. The Balaban J connectivity index is 2.62. The summed E-state index contributed by atoms with van der Waals surface area (Å²) in [5.74, 6) is -1.98. The molecule has 108 valence electrons. The molecule has 0 saturated heterocycles. The van der Waals surface area contributed by atoms with Crippen LogP contribution in [0, 0.1) is 0 Å². The van der Waals surface area contributed by atoms with Crippen LogP contribution < -0.4 is 10.6 Å². The van der Waals surface area contributed by atoms with Crippen LogP contribution in [-0.4, -0.2) is 41.8 Å². The van der Waals surface area contributed by atoms with Crippen LogP contribution in [0.5, 0.6) is 5.75 Å². The zero-order chi connectivity index (χ0) is 15.1. The number of amides is 2. The molecule has 0 atom stereocenters. The summed E-state index contributed by atoms with van der Waals surface area (Å²) >= 11 is 0. The van der Waals surface area contributed by atoms with Gasteiger partial charge < -0.3 is 25.6 Å². The molecule has 8 heteroatoms. The van der Waals surface area contributed by atoms with Gasteiger partial charge in [0.25, 0.3) is 0 Å². The highest BCUT2D eigenvalue weighted by Gasteiger charge is 2.13. The van der Waals surface area contributed by atoms with Gasteiger partial charge in [-0.05, 0) is 18.2 Å². The predicted octanol–water partition coefficient (Wildman–Crippen LogP) is 0.775. The highest BCUT2D eigenvalue weighted by molar-refractivity contribution is 6.00. The van der Waals surface area contributed by atoms with Crippen molar-refractivity contribution in [3.05, 3.63) is 23.8 Å². The molecular weight excluding hydrogens is 268 g/mol. The van der Waals surface area contributed by atoms with Crippen molar-refractivity contribution in [2.75, 3.05) is 19.0 Å². The number of hydrogen-bond acceptors (Lipinski definition) is 5. The second-order valence-corrected chi connectivity index (χ2v) is 3.74. The van der Waals surface area contributed by atoms with Gasteiger partial charge in [0, 0.05) is 6.54 Å². The third kappa shape index (κ3) is 4.48. The second kappa shape index (κ2) is 6.98. The lowest BCUT2D eigenvalue weighted by atomic mass is 10.1. The molecule has 8 nitrogen and oxygen atoms in total. The van der Waals surface area contributed by atoms with Crippen LogP contribution in [0.25, 0.3) is 0 Å². The van der Waals surface area contributed by atoms with E-state index in [0.717, 1.165) is 6.07 Å². The van der Waals surface area contributed by atoms with E-state index < -0.39 is 18.0 Å². The number of methoxy groups -OCH3 is 1. The number of hydrogen-bond donors (Lipinski definition) is 4. The van der Waals surface area contributed by atoms with E-state index in [1.807, 2.05) is 0 Å². The average molecular weight is 282 g/mol. The number of phenols is 1. The van der Waals surface area contributed by atoms with Crippen LogP contribution in [-0.2, 0) is 9.53 Å². The number of anilines is 1. The highest BCUT2D eigenvalue weighted by atomic mass is 16.5. The molecule has 1 aromatic rings. The first kappa shape index (κ1) is 15.3. The fraction of sp³-hybridized carbons (Fsp3) is 0.250. The summed E-state index contributed by atoms with van der Waals surface area (Å²) in [6.45, 7) is 0.0546. The van der Waals surface area contributed by atoms with Gasteiger partial charge in [0.2, 0.25) is 0 Å². The summed E-state index contributed by atoms with van der Waals surface area (Å²) in [7, 11) is 1.23. The number of aromatic carboxylic acids is 1. The number of nitrogens with one attached hydrogen (secondary N) is 2. The average Bonchev–Trinajstić information content (AvgIpc) is 2.40. The minimum atomic E-state index is -1.29. The predicted molar refractivity (Wildman–Crippen MR) is 68.7 cm³/mol. The number of benzene rings is 1. The number of esters is 1. The van der Waals surface area contributed by atoms with Crippen molar-refractivity contribution in [3.8, 4) is 5.75 Å². The zero-order valence-corrected chi connectivity index (χ0v) is 10.7. The smallest absolute Gasteiger partial charge is 0.337 e. The fourth-order valence-electron chi connectivity index (χ4n) is 1.36. The summed E-state index contributed by atoms with van der Waals surface area (Å²) in [6, 6.07) is 2.86. The van der Waals surface area contributed by atoms with E-state index in [-0.39, 0.29) is 30.0 Å². The van der Waals surface area contributed by atoms with E-state index in [9.17, 15) is 19.5 Å². The minimum Gasteiger partial charge on any atom is -0.508 e. The largest absolute Gasteiger partial charge is 0.508 e. The molecule has 0 bridgehead atoms. The Labute approximate surface area is 114 Å². The Bertz CT molecular complexity index is 529. The molecule has 0 spiro atoms. The summed E-state index contributed by atoms with van der Waals surface area (Å²) in [4.78, 5) is 33.3. The van der Waals surface area contributed by atoms with Crippen LogP contribution in [0.3, 0.4) is 0 Å². The number of aromatic hydroxyl groups is 1. The number of phenolic OH excluding ortho intramolecular Hbond substituents is 1. The van der Waals surface area contributed by atoms with Crippen molar-refractivity contribution in [1.82, 2.24) is 5.32 Å². The number of rotatable bonds is 5. The van der Waals surface area contributed by atoms with E-state index in [1.54, 1.807) is 0 Å². The standard InChI is InChI=1S/C12H14N2O6/c1-20-10(16)4-5-13-12(19)14-9-3-2-7(15)6-8(9)11(17)18/h2-3,6,15H,4-5H2,1H3,(H,17,18)(H2,13,14,19). The Hall–Kier alpha value is -2.77. The molecule has 0 radical (unpaired) electrons. The third-order valence-electron chi connectivity index (χ3n) is 2.32. The molecule has 1 aromatic carbocycles. The lowest BCUT2D eigenvalue weighted by Crippen LogP contribution is -2.31. The second-order valence-electron chi connectivity index (χ2n) is 3.74. The Morgan fingerprint density at radius 3 is 2.60 bits per heavy atom. The Kier molecular flexibility index (Phi) is 5.33. The van der Waals surface area contributed by atoms with Gasteiger partial charge in [-0.1, -0.05) is 0 Å². The van der Waals surface area contributed by atoms with Gasteiger partial charge in [-0.15, -0.1) is 0 Å². The monoisotopic (exact) mass is 282 g/mol. The number of ether oxygens (including phenoxy) is 1. The van der Waals surface area contributed by atoms with Crippen LogP contribution in [0.15, 0.2) is 18.2 Å². The maximum Gasteiger partial charge on any atom is 0.337 e. The molecule has 2 amide bonds. The highest BCUT2D eigenvalue weighted by Crippen LogP contribution is 2.21. The van der Waals surface area contributed by atoms with E-state index in [2.05, 4.69) is 15.4 Å². The number of carboxylic acid groups (broad SMARTS) is 1. The van der Waals surface area contributed by atoms with E-state index >= 15 is 0 Å². The first-order valence-electron chi connectivity index (χ1n) is 5.62. The number of carbonyl (C=O) groups is 3. The molecular formula is C12H14N2O6. The van der Waals surface area contributed by atoms with Gasteiger partial charge >= 0.3 is 18.0 Å². The Morgan fingerprint density at radius 2 is 2.00 bits per heavy atom. The molecule has 20 heavy (non-hydrogen) atoms. The van der Waals surface area contributed by atoms with Crippen molar-refractivity contribution >= 4 is 23.7 Å². The molecule has 0 unspecified atom stereocenters. The molecule has 0 aliphatic heterocycles. The molecule has 0 aliphatic carbocycles. The van der Waals surface area contributed by atoms with E-state index in [4.69, 9.17) is 5.11 Å². The van der Waals surface area contributed by atoms with Gasteiger partial charge in [0.15, 0.2) is 0 Å². The van der Waals surface area contributed by atoms with Crippen molar-refractivity contribution < 1.29 is 29.3 Å². The molecule has 0 saturated carbocycles. The van der Waals surface area contributed by atoms with Crippen LogP contribution in [0.4, 0.5) is 10.5 Å². The quantitative estimate of drug-likeness (QED) is 0.467. The first-order chi connectivity index (χ1) is 9.43. The van der Waals surface area contributed by atoms with Gasteiger partial charge in [-0.2, -0.15) is 0 Å². The van der Waals surface area contributed by atoms with Crippen LogP contribution >= 0.6 is 0 Å². The van der Waals surface area contributed by atoms with Crippen molar-refractivity contribution in [3.63, 3.8) is 0 Å². The number of carbonyl (C=O) groups excluding carboxylic acids is 2. The third-order valence-corrected chi connectivity index (χ3v) is 2.32. The minimum absolute atomic E-state index is 0.00524. The lowest BCUT2D eigenvalue weighted by Gasteiger charge is -2.09. The number of urea groups is 1. The van der Waals surface area contributed by atoms with Gasteiger partial charge in [-0.25, -0.2) is 9.59 Å². The Morgan fingerprint density at radius 1 is 1.30 bits per heavy atom. The molecule has 0 heterocycles. The van der Waals surface area contributed by atoms with E-state index in [1.165, 1.54) is 19.2 Å². The van der Waals surface area contributed by atoms with Crippen molar-refractivity contribution in [1.29, 1.82) is 0 Å². The fourth-order valence-corrected chi connectivity index (χ4v) is 1.36. The molecule has 1 rings (SSSR count). The summed E-state index contributed by atoms with van der Waals surface area (Å²) in [5, 5.41) is 22.8. The normalized spacial score (nSPS) is 9.65. The molecule has 0 aliphatic rings. The first-order valence-corrected chi connectivity index (χ1v) is 5.62. The summed E-state index contributed by atoms with van der Waals surface area (Å²) < 4.78 is 4.40. The summed E-state index contributed by atoms with van der Waals surface area (Å²) in [5.41, 5.74) is -0.209. The SMILES string of the molecule is COC(=O)CCNC(=O)Nc1ccc(O)cc1C(=O)O. The topological polar surface area (TPSA) is 125 Å². The zero-order valence-electron chi connectivity index (χ0n) is 10.7. The van der Waals surface area contributed by atoms with Crippen molar-refractivity contribution in [2.45, 2.75) is 6.42 Å². The van der Waals surface area contributed by atoms with Gasteiger partial charge in [0.05, 0.1) is 24.8 Å². The van der Waals surface area contributed by atoms with Crippen LogP contribution in [0.1, 0.15) is 16.8 Å². The molecule has 0 aromatic heterocycles. The molecule has 4 N–H and O–H groups in total. The maximum absolute atomic E-state index is 11.5. The maximum atomic E-state index is 11.5. The van der Waals surface area contributed by atoms with Gasteiger partial charge in [0.1, 0.15) is 5.75 Å².